The Kier molecular flexibility index (Phi) is 11.0. The van der Waals surface area contributed by atoms with Gasteiger partial charge in [0.05, 0.1) is 23.9 Å². The van der Waals surface area contributed by atoms with Crippen LogP contribution in [0.4, 0.5) is 8.78 Å². The molecule has 0 saturated carbocycles. The van der Waals surface area contributed by atoms with Gasteiger partial charge in [0, 0.05) is 50.7 Å². The van der Waals surface area contributed by atoms with Gasteiger partial charge >= 0.3 is 5.69 Å². The zero-order chi connectivity index (χ0) is 35.3. The van der Waals surface area contributed by atoms with Crippen LogP contribution in [0.3, 0.4) is 0 Å². The molecule has 2 aromatic carbocycles. The van der Waals surface area contributed by atoms with E-state index in [9.17, 15) is 18.8 Å². The van der Waals surface area contributed by atoms with Crippen LogP contribution in [0.5, 0.6) is 5.75 Å². The molecule has 0 spiro atoms. The first-order valence-corrected chi connectivity index (χ1v) is 17.9. The highest BCUT2D eigenvalue weighted by Gasteiger charge is 2.25. The first-order chi connectivity index (χ1) is 24.8. The number of H-pyrrole nitrogens is 2. The van der Waals surface area contributed by atoms with Crippen LogP contribution in [0, 0.1) is 17.6 Å². The van der Waals surface area contributed by atoms with Crippen molar-refractivity contribution in [2.24, 2.45) is 5.92 Å². The second-order valence-corrected chi connectivity index (χ2v) is 13.8. The third-order valence-corrected chi connectivity index (χ3v) is 10.4. The van der Waals surface area contributed by atoms with Gasteiger partial charge in [-0.05, 0) is 94.2 Å². The molecule has 4 aromatic rings. The van der Waals surface area contributed by atoms with Gasteiger partial charge in [-0.3, -0.25) is 19.1 Å². The Morgan fingerprint density at radius 1 is 0.843 bits per heavy atom. The average Bonchev–Trinajstić information content (AvgIpc) is 3.13. The number of ether oxygens (including phenoxy) is 3. The molecule has 2 aromatic heterocycles. The van der Waals surface area contributed by atoms with Gasteiger partial charge in [0.25, 0.3) is 11.1 Å². The molecule has 2 N–H and O–H groups in total. The van der Waals surface area contributed by atoms with Crippen LogP contribution in [0.2, 0.25) is 0 Å². The smallest absolute Gasteiger partial charge is 0.332 e. The molecule has 0 atom stereocenters. The van der Waals surface area contributed by atoms with Gasteiger partial charge in [-0.25, -0.2) is 18.6 Å². The maximum atomic E-state index is 15.1. The molecular formula is C37H44F2N6O6. The number of likely N-dealkylation sites (tertiary alicyclic amines) is 2. The molecule has 272 valence electrons. The van der Waals surface area contributed by atoms with Crippen molar-refractivity contribution >= 4 is 10.9 Å². The van der Waals surface area contributed by atoms with E-state index in [0.29, 0.717) is 48.6 Å². The van der Waals surface area contributed by atoms with Gasteiger partial charge in [-0.1, -0.05) is 6.07 Å². The van der Waals surface area contributed by atoms with Crippen LogP contribution in [0.25, 0.3) is 16.6 Å². The van der Waals surface area contributed by atoms with Crippen LogP contribution in [0.1, 0.15) is 55.8 Å². The SMILES string of the molecule is O=c1ccn(-c2ccc(C3CCN(CCN4CCC(COc5cc(F)c6c(=O)[nH]c(COC7CCOCC7)nc6c5)CC4)CC3)c(F)c2)c(=O)[nH]1. The lowest BCUT2D eigenvalue weighted by Crippen LogP contribution is -2.42. The number of aromatic amines is 2. The normalized spacial score (nSPS) is 18.8. The summed E-state index contributed by atoms with van der Waals surface area (Å²) in [4.78, 5) is 50.3. The lowest BCUT2D eigenvalue weighted by Gasteiger charge is -2.36. The standard InChI is InChI=1S/C37H44F2N6O6/c38-30-19-26(45-14-7-34(46)42-37(45)48)1-2-29(30)25-5-12-44(13-6-25)16-15-43-10-3-24(4-11-43)22-50-28-20-31(39)35-32(21-28)40-33(41-36(35)47)23-51-27-8-17-49-18-9-27/h1-2,7,14,19-21,24-25,27H,3-6,8-13,15-18,22-23H2,(H,40,41,47)(H,42,46,48). The quantitative estimate of drug-likeness (QED) is 0.240. The van der Waals surface area contributed by atoms with Crippen molar-refractivity contribution in [2.45, 2.75) is 57.2 Å². The molecule has 7 rings (SSSR count). The van der Waals surface area contributed by atoms with Crippen molar-refractivity contribution in [3.63, 3.8) is 0 Å². The van der Waals surface area contributed by atoms with Gasteiger partial charge in [0.2, 0.25) is 0 Å². The summed E-state index contributed by atoms with van der Waals surface area (Å²) in [5.74, 6) is 0.181. The van der Waals surface area contributed by atoms with E-state index in [-0.39, 0.29) is 35.3 Å². The Balaban J connectivity index is 0.842. The molecule has 3 aliphatic heterocycles. The number of fused-ring (bicyclic) bond motifs is 1. The molecule has 0 aliphatic carbocycles. The summed E-state index contributed by atoms with van der Waals surface area (Å²) in [6, 6.07) is 8.96. The molecule has 3 fully saturated rings. The van der Waals surface area contributed by atoms with Crippen LogP contribution < -0.4 is 21.5 Å². The molecular weight excluding hydrogens is 662 g/mol. The van der Waals surface area contributed by atoms with Crippen LogP contribution in [0.15, 0.2) is 57.0 Å². The van der Waals surface area contributed by atoms with E-state index in [1.807, 2.05) is 0 Å². The van der Waals surface area contributed by atoms with E-state index >= 15 is 4.39 Å². The fourth-order valence-corrected chi connectivity index (χ4v) is 7.40. The molecule has 0 amide bonds. The predicted molar refractivity (Wildman–Crippen MR) is 187 cm³/mol. The van der Waals surface area contributed by atoms with E-state index in [1.54, 1.807) is 18.2 Å². The largest absolute Gasteiger partial charge is 0.493 e. The maximum Gasteiger partial charge on any atom is 0.332 e. The minimum absolute atomic E-state index is 0.0474. The Bertz CT molecular complexity index is 1990. The van der Waals surface area contributed by atoms with Gasteiger partial charge < -0.3 is 29.0 Å². The number of aromatic nitrogens is 4. The Morgan fingerprint density at radius 3 is 2.27 bits per heavy atom. The molecule has 0 bridgehead atoms. The van der Waals surface area contributed by atoms with Crippen LogP contribution >= 0.6 is 0 Å². The van der Waals surface area contributed by atoms with E-state index < -0.39 is 22.6 Å². The number of benzene rings is 2. The summed E-state index contributed by atoms with van der Waals surface area (Å²) in [7, 11) is 0. The Labute approximate surface area is 293 Å². The number of halogens is 2. The van der Waals surface area contributed by atoms with E-state index in [2.05, 4.69) is 24.8 Å². The van der Waals surface area contributed by atoms with Gasteiger partial charge in [-0.15, -0.1) is 0 Å². The first kappa shape index (κ1) is 35.2. The van der Waals surface area contributed by atoms with E-state index in [0.717, 1.165) is 77.8 Å². The number of nitrogens with zero attached hydrogens (tertiary/aromatic N) is 4. The molecule has 12 nitrogen and oxygen atoms in total. The third kappa shape index (κ3) is 8.63. The summed E-state index contributed by atoms with van der Waals surface area (Å²) in [5, 5.41) is -0.0845. The monoisotopic (exact) mass is 706 g/mol. The van der Waals surface area contributed by atoms with E-state index in [4.69, 9.17) is 14.2 Å². The van der Waals surface area contributed by atoms with Gasteiger partial charge in [-0.2, -0.15) is 0 Å². The molecule has 3 saturated heterocycles. The second kappa shape index (κ2) is 16.0. The zero-order valence-electron chi connectivity index (χ0n) is 28.6. The summed E-state index contributed by atoms with van der Waals surface area (Å²) in [6.07, 6.45) is 6.65. The number of rotatable bonds is 11. The minimum Gasteiger partial charge on any atom is -0.493 e. The second-order valence-electron chi connectivity index (χ2n) is 13.8. The predicted octanol–water partition coefficient (Wildman–Crippen LogP) is 3.71. The third-order valence-electron chi connectivity index (χ3n) is 10.4. The highest BCUT2D eigenvalue weighted by Crippen LogP contribution is 2.31. The lowest BCUT2D eigenvalue weighted by molar-refractivity contribution is -0.0408. The van der Waals surface area contributed by atoms with E-state index in [1.165, 1.54) is 29.0 Å². The fourth-order valence-electron chi connectivity index (χ4n) is 7.40. The number of hydrogen-bond acceptors (Lipinski definition) is 9. The maximum absolute atomic E-state index is 15.1. The van der Waals surface area contributed by atoms with Crippen LogP contribution in [-0.4, -0.2) is 94.5 Å². The van der Waals surface area contributed by atoms with Crippen molar-refractivity contribution in [1.29, 1.82) is 0 Å². The number of nitrogens with one attached hydrogen (secondary N) is 2. The molecule has 0 unspecified atom stereocenters. The average molecular weight is 707 g/mol. The fraction of sp³-hybridized carbons (Fsp3) is 0.514. The highest BCUT2D eigenvalue weighted by molar-refractivity contribution is 5.79. The Hall–Kier alpha value is -4.24. The highest BCUT2D eigenvalue weighted by atomic mass is 19.1. The zero-order valence-corrected chi connectivity index (χ0v) is 28.6. The molecule has 0 radical (unpaired) electrons. The summed E-state index contributed by atoms with van der Waals surface area (Å²) < 4.78 is 48.6. The molecule has 3 aliphatic rings. The van der Waals surface area contributed by atoms with Crippen molar-refractivity contribution in [1.82, 2.24) is 29.3 Å². The number of hydrogen-bond donors (Lipinski definition) is 2. The van der Waals surface area contributed by atoms with Gasteiger partial charge in [0.15, 0.2) is 0 Å². The number of piperidine rings is 2. The van der Waals surface area contributed by atoms with Crippen LogP contribution in [-0.2, 0) is 16.1 Å². The van der Waals surface area contributed by atoms with Crippen molar-refractivity contribution in [3.05, 3.63) is 96.8 Å². The van der Waals surface area contributed by atoms with Gasteiger partial charge in [0.1, 0.15) is 35.2 Å². The van der Waals surface area contributed by atoms with Crippen molar-refractivity contribution in [3.8, 4) is 11.4 Å². The lowest BCUT2D eigenvalue weighted by atomic mass is 9.89. The summed E-state index contributed by atoms with van der Waals surface area (Å²) in [5.41, 5.74) is -0.330. The first-order valence-electron chi connectivity index (χ1n) is 17.9. The molecule has 14 heteroatoms. The van der Waals surface area contributed by atoms with Crippen molar-refractivity contribution in [2.75, 3.05) is 59.1 Å². The minimum atomic E-state index is -0.657. The summed E-state index contributed by atoms with van der Waals surface area (Å²) in [6.45, 7) is 7.52. The molecule has 5 heterocycles. The summed E-state index contributed by atoms with van der Waals surface area (Å²) >= 11 is 0. The Morgan fingerprint density at radius 2 is 1.57 bits per heavy atom. The molecule has 51 heavy (non-hydrogen) atoms. The van der Waals surface area contributed by atoms with Crippen molar-refractivity contribution < 1.29 is 23.0 Å². The topological polar surface area (TPSA) is 135 Å².